The lowest BCUT2D eigenvalue weighted by atomic mass is 9.58. The minimum atomic E-state index is -1.53. The quantitative estimate of drug-likeness (QED) is 0.210. The van der Waals surface area contributed by atoms with Gasteiger partial charge in [0, 0.05) is 60.4 Å². The highest BCUT2D eigenvalue weighted by Gasteiger charge is 2.83. The molecule has 4 heterocycles. The second-order valence-electron chi connectivity index (χ2n) is 14.9. The van der Waals surface area contributed by atoms with E-state index in [4.69, 9.17) is 14.2 Å². The Morgan fingerprint density at radius 3 is 2.35 bits per heavy atom. The Bertz CT molecular complexity index is 1760. The Morgan fingerprint density at radius 1 is 1.02 bits per heavy atom. The maximum absolute atomic E-state index is 14.0. The third-order valence-corrected chi connectivity index (χ3v) is 12.2. The van der Waals surface area contributed by atoms with Crippen LogP contribution in [-0.4, -0.2) is 120 Å². The van der Waals surface area contributed by atoms with E-state index in [1.807, 2.05) is 19.0 Å². The van der Waals surface area contributed by atoms with E-state index >= 15 is 0 Å². The number of carbonyl (C=O) groups is 2. The monoisotopic (exact) mass is 666 g/mol. The fraction of sp³-hybridized carbons (Fsp3) is 0.600. The van der Waals surface area contributed by atoms with Crippen LogP contribution in [0.1, 0.15) is 108 Å². The second-order valence-corrected chi connectivity index (χ2v) is 14.9. The molecule has 2 aliphatic carbocycles. The lowest BCUT2D eigenvalue weighted by Gasteiger charge is -2.84. The van der Waals surface area contributed by atoms with Crippen LogP contribution < -0.4 is 0 Å². The highest BCUT2D eigenvalue weighted by Crippen LogP contribution is 2.70. The number of benzene rings is 2. The molecule has 13 heteroatoms. The van der Waals surface area contributed by atoms with E-state index < -0.39 is 93.6 Å². The van der Waals surface area contributed by atoms with Crippen molar-refractivity contribution >= 4 is 11.6 Å². The Morgan fingerprint density at radius 2 is 1.71 bits per heavy atom. The van der Waals surface area contributed by atoms with Gasteiger partial charge in [0.25, 0.3) is 0 Å². The third-order valence-electron chi connectivity index (χ3n) is 12.2. The molecule has 4 aliphatic heterocycles. The predicted molar refractivity (Wildman–Crippen MR) is 167 cm³/mol. The number of phenols is 3. The number of ketones is 2. The number of aliphatic hydroxyl groups excluding tert-OH is 2. The minimum Gasteiger partial charge on any atom is -0.507 e. The molecule has 11 atom stereocenters. The molecule has 8 unspecified atom stereocenters. The number of carbonyl (C=O) groups excluding carboxylic acids is 2. The van der Waals surface area contributed by atoms with E-state index in [1.165, 1.54) is 18.2 Å². The first-order valence-electron chi connectivity index (χ1n) is 16.7. The molecule has 0 amide bonds. The number of rotatable bonds is 6. The highest BCUT2D eigenvalue weighted by atomic mass is 16.7. The van der Waals surface area contributed by atoms with Crippen LogP contribution in [0.25, 0.3) is 0 Å². The topological polar surface area (TPSA) is 190 Å². The summed E-state index contributed by atoms with van der Waals surface area (Å²) >= 11 is 0. The zero-order valence-corrected chi connectivity index (χ0v) is 27.5. The summed E-state index contributed by atoms with van der Waals surface area (Å²) in [7, 11) is 3.67. The summed E-state index contributed by atoms with van der Waals surface area (Å²) in [6.45, 7) is 5.33. The normalized spacial score (nSPS) is 41.0. The lowest BCUT2D eigenvalue weighted by molar-refractivity contribution is -0.566. The molecule has 6 N–H and O–H groups in total. The first-order valence-corrected chi connectivity index (χ1v) is 16.7. The van der Waals surface area contributed by atoms with Crippen molar-refractivity contribution < 1.29 is 54.4 Å². The van der Waals surface area contributed by atoms with Gasteiger partial charge in [0.2, 0.25) is 5.78 Å². The molecule has 8 rings (SSSR count). The van der Waals surface area contributed by atoms with E-state index in [-0.39, 0.29) is 60.0 Å². The molecule has 0 spiro atoms. The SMILES string of the molecule is CC[C@@]1(O)C[C@H](OC2CC(N(C)C)C(O)C(C)O2)c2c(O)c3c(c(O)c2[C@H]1CC12CC4C(O)C(C)(O1)N42)C(=O)c1cccc(O)c1C3=O. The number of ether oxygens (including phenoxy) is 3. The summed E-state index contributed by atoms with van der Waals surface area (Å²) < 4.78 is 18.9. The van der Waals surface area contributed by atoms with Crippen molar-refractivity contribution in [2.45, 2.75) is 119 Å². The van der Waals surface area contributed by atoms with E-state index in [2.05, 4.69) is 4.90 Å². The van der Waals surface area contributed by atoms with Crippen molar-refractivity contribution in [3.63, 3.8) is 0 Å². The molecule has 0 saturated carbocycles. The lowest BCUT2D eigenvalue weighted by Crippen LogP contribution is -2.99. The number of piperidine rings is 1. The number of hydrogen-bond donors (Lipinski definition) is 6. The fourth-order valence-electron chi connectivity index (χ4n) is 9.75. The molecule has 48 heavy (non-hydrogen) atoms. The number of aliphatic hydroxyl groups is 3. The third kappa shape index (κ3) is 3.89. The number of phenolic OH excluding ortho intramolecular Hbond substituents is 3. The molecular weight excluding hydrogens is 624 g/mol. The van der Waals surface area contributed by atoms with Gasteiger partial charge in [0.05, 0.1) is 40.6 Å². The second kappa shape index (κ2) is 10.2. The van der Waals surface area contributed by atoms with E-state index in [9.17, 15) is 40.2 Å². The highest BCUT2D eigenvalue weighted by molar-refractivity contribution is 6.31. The van der Waals surface area contributed by atoms with Crippen molar-refractivity contribution in [2.75, 3.05) is 14.1 Å². The van der Waals surface area contributed by atoms with Crippen LogP contribution in [0.15, 0.2) is 18.2 Å². The van der Waals surface area contributed by atoms with Gasteiger partial charge in [-0.2, -0.15) is 0 Å². The summed E-state index contributed by atoms with van der Waals surface area (Å²) in [5, 5.41) is 68.6. The van der Waals surface area contributed by atoms with Gasteiger partial charge < -0.3 is 49.7 Å². The number of nitrogens with zero attached hydrogens (tertiary/aromatic N) is 2. The summed E-state index contributed by atoms with van der Waals surface area (Å²) in [4.78, 5) is 31.9. The van der Waals surface area contributed by atoms with Gasteiger partial charge in [-0.25, -0.2) is 4.90 Å². The Kier molecular flexibility index (Phi) is 6.82. The molecule has 0 bridgehead atoms. The predicted octanol–water partition coefficient (Wildman–Crippen LogP) is 1.97. The summed E-state index contributed by atoms with van der Waals surface area (Å²) in [5.74, 6) is -4.01. The summed E-state index contributed by atoms with van der Waals surface area (Å²) in [6, 6.07) is 3.66. The van der Waals surface area contributed by atoms with E-state index in [0.29, 0.717) is 6.42 Å². The number of aromatic hydroxyl groups is 3. The van der Waals surface area contributed by atoms with Crippen LogP contribution >= 0.6 is 0 Å². The average Bonchev–Trinajstić information content (AvgIpc) is 3.02. The molecule has 0 aromatic heterocycles. The molecule has 13 nitrogen and oxygen atoms in total. The van der Waals surface area contributed by atoms with Gasteiger partial charge in [0.15, 0.2) is 17.8 Å². The Hall–Kier alpha value is -3.14. The minimum absolute atomic E-state index is 0.0520. The molecular formula is C35H42N2O11. The van der Waals surface area contributed by atoms with Crippen LogP contribution in [0.2, 0.25) is 0 Å². The van der Waals surface area contributed by atoms with Crippen molar-refractivity contribution in [3.8, 4) is 17.2 Å². The van der Waals surface area contributed by atoms with Gasteiger partial charge >= 0.3 is 0 Å². The van der Waals surface area contributed by atoms with Crippen LogP contribution in [0.4, 0.5) is 0 Å². The molecule has 2 aromatic rings. The zero-order chi connectivity index (χ0) is 34.4. The van der Waals surface area contributed by atoms with E-state index in [0.717, 1.165) is 0 Å². The van der Waals surface area contributed by atoms with Crippen LogP contribution in [0.5, 0.6) is 17.2 Å². The summed E-state index contributed by atoms with van der Waals surface area (Å²) in [5.41, 5.74) is -4.30. The number of fused-ring (bicyclic) bond motifs is 3. The first-order chi connectivity index (χ1) is 22.6. The Balaban J connectivity index is 1.28. The fourth-order valence-corrected chi connectivity index (χ4v) is 9.75. The molecule has 4 fully saturated rings. The van der Waals surface area contributed by atoms with Crippen molar-refractivity contribution in [1.29, 1.82) is 0 Å². The molecule has 2 aromatic carbocycles. The molecule has 258 valence electrons. The molecule has 4 saturated heterocycles. The van der Waals surface area contributed by atoms with Crippen LogP contribution in [-0.2, 0) is 14.2 Å². The largest absolute Gasteiger partial charge is 0.507 e. The Labute approximate surface area is 277 Å². The van der Waals surface area contributed by atoms with Gasteiger partial charge in [-0.1, -0.05) is 19.1 Å². The first kappa shape index (κ1) is 32.1. The summed E-state index contributed by atoms with van der Waals surface area (Å²) in [6.07, 6.45) is -2.97. The van der Waals surface area contributed by atoms with Gasteiger partial charge in [0.1, 0.15) is 29.1 Å². The smallest absolute Gasteiger partial charge is 0.202 e. The average molecular weight is 667 g/mol. The van der Waals surface area contributed by atoms with Crippen LogP contribution in [0.3, 0.4) is 0 Å². The van der Waals surface area contributed by atoms with Crippen LogP contribution in [0, 0.1) is 0 Å². The molecule has 0 radical (unpaired) electrons. The van der Waals surface area contributed by atoms with Gasteiger partial charge in [-0.15, -0.1) is 0 Å². The van der Waals surface area contributed by atoms with Crippen molar-refractivity contribution in [3.05, 3.63) is 51.6 Å². The van der Waals surface area contributed by atoms with Gasteiger partial charge in [-0.3, -0.25) is 9.59 Å². The van der Waals surface area contributed by atoms with Crippen molar-refractivity contribution in [2.24, 2.45) is 0 Å². The number of likely N-dealkylation sites (N-methyl/N-ethyl adjacent to an activating group) is 1. The zero-order valence-electron chi connectivity index (χ0n) is 27.5. The number of hydrogen-bond acceptors (Lipinski definition) is 13. The maximum Gasteiger partial charge on any atom is 0.202 e. The van der Waals surface area contributed by atoms with Crippen molar-refractivity contribution in [1.82, 2.24) is 9.80 Å². The maximum atomic E-state index is 14.0. The standard InChI is InChI=1S/C35H42N2O11/c1-6-34(45)13-20(47-21-10-17(36(4)5)27(39)14(2)46-21)24-23(16(34)11-35-12-18-32(44)33(3,48-35)37(18)35)30(42)25-26(31(24)43)29(41)22-15(28(25)40)8-7-9-19(22)38/h7-9,14,16-18,20-21,27,32,38-39,42-45H,6,10-13H2,1-5H3/t14?,16-,17?,18?,20+,21?,27?,32?,33?,34-,35?/m1/s1. The van der Waals surface area contributed by atoms with E-state index in [1.54, 1.807) is 20.8 Å². The van der Waals surface area contributed by atoms with Gasteiger partial charge in [-0.05, 0) is 40.4 Å². The molecule has 6 aliphatic rings.